The van der Waals surface area contributed by atoms with E-state index in [1.807, 2.05) is 0 Å². The topological polar surface area (TPSA) is 110 Å². The van der Waals surface area contributed by atoms with Crippen LogP contribution in [0.3, 0.4) is 0 Å². The first-order valence-corrected chi connectivity index (χ1v) is 5.35. The number of nitrogens with zero attached hydrogens (tertiary/aromatic N) is 1. The number of hydrazine groups is 1. The SMILES string of the molecule is C=C(NNC(=O)c1ccn[nH]1)c1cc(O)ccc1O. The summed E-state index contributed by atoms with van der Waals surface area (Å²) < 4.78 is 0. The van der Waals surface area contributed by atoms with Crippen LogP contribution in [0.4, 0.5) is 0 Å². The molecular formula is C12H12N4O3. The largest absolute Gasteiger partial charge is 0.508 e. The van der Waals surface area contributed by atoms with Gasteiger partial charge in [0.1, 0.15) is 17.2 Å². The summed E-state index contributed by atoms with van der Waals surface area (Å²) in [6.45, 7) is 3.66. The number of aromatic hydroxyl groups is 2. The van der Waals surface area contributed by atoms with Crippen LogP contribution in [0, 0.1) is 0 Å². The molecule has 0 unspecified atom stereocenters. The number of aromatic nitrogens is 2. The van der Waals surface area contributed by atoms with Crippen LogP contribution >= 0.6 is 0 Å². The molecule has 0 aliphatic rings. The van der Waals surface area contributed by atoms with Crippen LogP contribution in [-0.4, -0.2) is 26.3 Å². The molecule has 0 spiro atoms. The van der Waals surface area contributed by atoms with Gasteiger partial charge in [-0.25, -0.2) is 0 Å². The lowest BCUT2D eigenvalue weighted by Gasteiger charge is -2.12. The quantitative estimate of drug-likeness (QED) is 0.411. The van der Waals surface area contributed by atoms with Gasteiger partial charge in [-0.15, -0.1) is 0 Å². The molecule has 2 rings (SSSR count). The molecule has 0 saturated heterocycles. The van der Waals surface area contributed by atoms with E-state index >= 15 is 0 Å². The number of benzene rings is 1. The predicted octanol–water partition coefficient (Wildman–Crippen LogP) is 0.726. The van der Waals surface area contributed by atoms with Gasteiger partial charge in [0.05, 0.1) is 5.70 Å². The van der Waals surface area contributed by atoms with Gasteiger partial charge in [0.25, 0.3) is 5.91 Å². The summed E-state index contributed by atoms with van der Waals surface area (Å²) in [5.41, 5.74) is 5.72. The normalized spacial score (nSPS) is 9.89. The number of nitrogens with one attached hydrogen (secondary N) is 3. The van der Waals surface area contributed by atoms with Gasteiger partial charge in [0.2, 0.25) is 0 Å². The van der Waals surface area contributed by atoms with E-state index < -0.39 is 5.91 Å². The molecule has 0 aliphatic heterocycles. The fourth-order valence-electron chi connectivity index (χ4n) is 1.41. The van der Waals surface area contributed by atoms with Crippen LogP contribution in [0.2, 0.25) is 0 Å². The molecule has 7 nitrogen and oxygen atoms in total. The number of carbonyl (C=O) groups is 1. The summed E-state index contributed by atoms with van der Waals surface area (Å²) >= 11 is 0. The van der Waals surface area contributed by atoms with Crippen molar-refractivity contribution in [3.8, 4) is 11.5 Å². The third-order valence-electron chi connectivity index (χ3n) is 2.38. The monoisotopic (exact) mass is 260 g/mol. The van der Waals surface area contributed by atoms with Crippen LogP contribution in [0.5, 0.6) is 11.5 Å². The fourth-order valence-corrected chi connectivity index (χ4v) is 1.41. The number of phenolic OH excluding ortho intramolecular Hbond substituents is 2. The minimum Gasteiger partial charge on any atom is -0.508 e. The van der Waals surface area contributed by atoms with Crippen LogP contribution < -0.4 is 10.9 Å². The third kappa shape index (κ3) is 2.83. The lowest BCUT2D eigenvalue weighted by atomic mass is 10.1. The molecule has 0 radical (unpaired) electrons. The van der Waals surface area contributed by atoms with Crippen molar-refractivity contribution in [1.29, 1.82) is 0 Å². The smallest absolute Gasteiger partial charge is 0.287 e. The average molecular weight is 260 g/mol. The number of rotatable bonds is 4. The zero-order valence-electron chi connectivity index (χ0n) is 9.84. The van der Waals surface area contributed by atoms with Crippen molar-refractivity contribution >= 4 is 11.6 Å². The Bertz CT molecular complexity index is 607. The first-order valence-electron chi connectivity index (χ1n) is 5.35. The molecule has 1 aromatic heterocycles. The highest BCUT2D eigenvalue weighted by molar-refractivity contribution is 5.92. The van der Waals surface area contributed by atoms with Crippen molar-refractivity contribution in [2.24, 2.45) is 0 Å². The van der Waals surface area contributed by atoms with Crippen LogP contribution in [-0.2, 0) is 0 Å². The standard InChI is InChI=1S/C12H12N4O3/c1-7(9-6-8(17)2-3-11(9)18)14-16-12(19)10-4-5-13-15-10/h2-6,14,17-18H,1H2,(H,13,15)(H,16,19). The summed E-state index contributed by atoms with van der Waals surface area (Å²) in [6.07, 6.45) is 1.45. The summed E-state index contributed by atoms with van der Waals surface area (Å²) in [5.74, 6) is -0.514. The molecular weight excluding hydrogens is 248 g/mol. The van der Waals surface area contributed by atoms with Gasteiger partial charge in [-0.2, -0.15) is 5.10 Å². The number of H-pyrrole nitrogens is 1. The zero-order chi connectivity index (χ0) is 13.8. The molecule has 19 heavy (non-hydrogen) atoms. The van der Waals surface area contributed by atoms with Crippen LogP contribution in [0.1, 0.15) is 16.1 Å². The lowest BCUT2D eigenvalue weighted by molar-refractivity contribution is 0.0937. The molecule has 0 saturated carbocycles. The van der Waals surface area contributed by atoms with Crippen molar-refractivity contribution in [2.45, 2.75) is 0 Å². The number of hydrogen-bond acceptors (Lipinski definition) is 5. The van der Waals surface area contributed by atoms with E-state index in [9.17, 15) is 15.0 Å². The molecule has 0 fully saturated rings. The second-order valence-corrected chi connectivity index (χ2v) is 3.73. The Morgan fingerprint density at radius 2 is 2.05 bits per heavy atom. The second kappa shape index (κ2) is 5.13. The molecule has 98 valence electrons. The minimum absolute atomic E-state index is 0.0179. The Hall–Kier alpha value is -2.96. The van der Waals surface area contributed by atoms with E-state index in [0.29, 0.717) is 0 Å². The third-order valence-corrected chi connectivity index (χ3v) is 2.38. The summed E-state index contributed by atoms with van der Waals surface area (Å²) in [7, 11) is 0. The van der Waals surface area contributed by atoms with Gasteiger partial charge in [-0.1, -0.05) is 6.58 Å². The van der Waals surface area contributed by atoms with Crippen molar-refractivity contribution in [1.82, 2.24) is 21.0 Å². The molecule has 1 aromatic carbocycles. The van der Waals surface area contributed by atoms with Gasteiger partial charge in [-0.3, -0.25) is 20.7 Å². The first-order chi connectivity index (χ1) is 9.08. The van der Waals surface area contributed by atoms with Crippen molar-refractivity contribution in [3.63, 3.8) is 0 Å². The maximum atomic E-state index is 11.6. The number of aromatic amines is 1. The second-order valence-electron chi connectivity index (χ2n) is 3.73. The number of hydrogen-bond donors (Lipinski definition) is 5. The zero-order valence-corrected chi connectivity index (χ0v) is 9.84. The molecule has 2 aromatic rings. The van der Waals surface area contributed by atoms with Crippen molar-refractivity contribution in [2.75, 3.05) is 0 Å². The van der Waals surface area contributed by atoms with Crippen LogP contribution in [0.15, 0.2) is 37.0 Å². The lowest BCUT2D eigenvalue weighted by Crippen LogP contribution is -2.36. The van der Waals surface area contributed by atoms with Crippen molar-refractivity contribution < 1.29 is 15.0 Å². The van der Waals surface area contributed by atoms with E-state index in [-0.39, 0.29) is 28.5 Å². The van der Waals surface area contributed by atoms with E-state index in [4.69, 9.17) is 0 Å². The van der Waals surface area contributed by atoms with E-state index in [2.05, 4.69) is 27.6 Å². The number of carbonyl (C=O) groups excluding carboxylic acids is 1. The molecule has 0 atom stereocenters. The van der Waals surface area contributed by atoms with Crippen molar-refractivity contribution in [3.05, 3.63) is 48.3 Å². The van der Waals surface area contributed by atoms with Gasteiger partial charge in [-0.05, 0) is 24.3 Å². The van der Waals surface area contributed by atoms with Gasteiger partial charge in [0, 0.05) is 11.8 Å². The highest BCUT2D eigenvalue weighted by Crippen LogP contribution is 2.26. The Morgan fingerprint density at radius 1 is 1.26 bits per heavy atom. The molecule has 1 heterocycles. The summed E-state index contributed by atoms with van der Waals surface area (Å²) in [6, 6.07) is 5.50. The molecule has 0 aliphatic carbocycles. The number of amides is 1. The minimum atomic E-state index is -0.432. The van der Waals surface area contributed by atoms with E-state index in [1.54, 1.807) is 0 Å². The highest BCUT2D eigenvalue weighted by atomic mass is 16.3. The number of phenols is 2. The summed E-state index contributed by atoms with van der Waals surface area (Å²) in [4.78, 5) is 11.6. The Morgan fingerprint density at radius 3 is 2.74 bits per heavy atom. The van der Waals surface area contributed by atoms with Gasteiger partial charge in [0.15, 0.2) is 0 Å². The Balaban J connectivity index is 2.02. The highest BCUT2D eigenvalue weighted by Gasteiger charge is 2.09. The Labute approximate surface area is 108 Å². The molecule has 1 amide bonds. The van der Waals surface area contributed by atoms with Gasteiger partial charge < -0.3 is 10.2 Å². The molecule has 0 bridgehead atoms. The fraction of sp³-hybridized carbons (Fsp3) is 0. The maximum absolute atomic E-state index is 11.6. The van der Waals surface area contributed by atoms with E-state index in [0.717, 1.165) is 0 Å². The predicted molar refractivity (Wildman–Crippen MR) is 68.0 cm³/mol. The maximum Gasteiger partial charge on any atom is 0.287 e. The molecule has 7 heteroatoms. The first kappa shape index (κ1) is 12.5. The average Bonchev–Trinajstić information content (AvgIpc) is 2.92. The van der Waals surface area contributed by atoms with Crippen LogP contribution in [0.25, 0.3) is 5.70 Å². The van der Waals surface area contributed by atoms with E-state index in [1.165, 1.54) is 30.5 Å². The molecule has 5 N–H and O–H groups in total. The summed E-state index contributed by atoms with van der Waals surface area (Å²) in [5, 5.41) is 25.1. The van der Waals surface area contributed by atoms with Gasteiger partial charge >= 0.3 is 0 Å². The Kier molecular flexibility index (Phi) is 3.37.